The summed E-state index contributed by atoms with van der Waals surface area (Å²) in [5, 5.41) is 12.2. The number of likely N-dealkylation sites (tertiary alicyclic amines) is 1. The van der Waals surface area contributed by atoms with Crippen LogP contribution in [-0.4, -0.2) is 60.9 Å². The van der Waals surface area contributed by atoms with Crippen LogP contribution in [0.3, 0.4) is 0 Å². The van der Waals surface area contributed by atoms with Gasteiger partial charge in [0.2, 0.25) is 0 Å². The first-order valence-corrected chi connectivity index (χ1v) is 14.7. The number of ether oxygens (including phenoxy) is 1. The van der Waals surface area contributed by atoms with Crippen molar-refractivity contribution in [2.75, 3.05) is 13.2 Å². The Hall–Kier alpha value is -2.83. The molecular formula is C31H42BN3O5. The smallest absolute Gasteiger partial charge is 0.447 e. The van der Waals surface area contributed by atoms with Crippen molar-refractivity contribution in [1.82, 2.24) is 10.2 Å². The number of aryl methyl sites for hydroxylation is 1. The fraction of sp³-hybridized carbons (Fsp3) is 0.645. The number of hydrogen-bond donors (Lipinski definition) is 1. The summed E-state index contributed by atoms with van der Waals surface area (Å²) in [5.74, 6) is 0.222. The maximum atomic E-state index is 13.2. The molecule has 0 aromatic heterocycles. The SMILES string of the molecule is C=C(C#N)C(=O)N1CCCCC[C@@H]1COC(=O)N[C@@H](Cc1ccc(C)cc1)B1O[C@@H]2C[C@@H]3C[C@@H](C3(C)C)[C@]2(C)O1. The fourth-order valence-electron chi connectivity index (χ4n) is 7.47. The molecule has 3 saturated carbocycles. The van der Waals surface area contributed by atoms with Crippen molar-refractivity contribution < 1.29 is 23.6 Å². The van der Waals surface area contributed by atoms with E-state index in [1.165, 1.54) is 5.56 Å². The summed E-state index contributed by atoms with van der Waals surface area (Å²) in [6.45, 7) is 13.0. The normalized spacial score (nSPS) is 31.2. The molecule has 2 bridgehead atoms. The number of hydrogen-bond acceptors (Lipinski definition) is 6. The number of carbonyl (C=O) groups is 2. The topological polar surface area (TPSA) is 101 Å². The third-order valence-electron chi connectivity index (χ3n) is 10.1. The van der Waals surface area contributed by atoms with Crippen LogP contribution in [0.15, 0.2) is 36.4 Å². The zero-order valence-corrected chi connectivity index (χ0v) is 24.3. The van der Waals surface area contributed by atoms with Crippen LogP contribution in [0.25, 0.3) is 0 Å². The first-order valence-electron chi connectivity index (χ1n) is 14.7. The van der Waals surface area contributed by atoms with Crippen LogP contribution in [0.5, 0.6) is 0 Å². The highest BCUT2D eigenvalue weighted by Gasteiger charge is 2.68. The summed E-state index contributed by atoms with van der Waals surface area (Å²) in [7, 11) is -0.589. The van der Waals surface area contributed by atoms with Gasteiger partial charge in [-0.1, -0.05) is 63.1 Å². The molecule has 1 N–H and O–H groups in total. The molecule has 2 heterocycles. The molecule has 40 heavy (non-hydrogen) atoms. The Morgan fingerprint density at radius 1 is 1.23 bits per heavy atom. The molecule has 0 spiro atoms. The van der Waals surface area contributed by atoms with Crippen molar-refractivity contribution in [3.8, 4) is 6.07 Å². The Kier molecular flexibility index (Phi) is 8.04. The summed E-state index contributed by atoms with van der Waals surface area (Å²) in [4.78, 5) is 27.6. The second-order valence-corrected chi connectivity index (χ2v) is 13.0. The average Bonchev–Trinajstić information content (AvgIpc) is 3.12. The van der Waals surface area contributed by atoms with Crippen molar-refractivity contribution >= 4 is 19.1 Å². The summed E-state index contributed by atoms with van der Waals surface area (Å²) in [6, 6.07) is 9.81. The average molecular weight is 548 g/mol. The quantitative estimate of drug-likeness (QED) is 0.301. The lowest BCUT2D eigenvalue weighted by atomic mass is 9.43. The Morgan fingerprint density at radius 3 is 2.67 bits per heavy atom. The monoisotopic (exact) mass is 547 g/mol. The molecule has 9 heteroatoms. The molecule has 2 aliphatic heterocycles. The van der Waals surface area contributed by atoms with Crippen molar-refractivity contribution in [1.29, 1.82) is 5.26 Å². The zero-order chi connectivity index (χ0) is 28.7. The van der Waals surface area contributed by atoms with E-state index in [1.54, 1.807) is 4.90 Å². The van der Waals surface area contributed by atoms with Crippen molar-refractivity contribution in [2.24, 2.45) is 17.3 Å². The van der Waals surface area contributed by atoms with Gasteiger partial charge in [-0.05, 0) is 68.8 Å². The number of amides is 2. The molecule has 3 aliphatic carbocycles. The first kappa shape index (κ1) is 28.7. The van der Waals surface area contributed by atoms with E-state index >= 15 is 0 Å². The number of rotatable bonds is 7. The standard InChI is InChI=1S/C31H42BN3O5/c1-20-10-12-22(13-11-20)15-27(32-39-26-17-23-16-25(30(23,3)4)31(26,5)40-32)34-29(37)38-19-24-9-7-6-8-14-35(24)28(36)21(2)18-33/h10-13,23-27H,2,6-9,14-17,19H2,1,3-5H3,(H,34,37)/t23-,24+,25-,26+,27-,31-/m0/s1. The minimum Gasteiger partial charge on any atom is -0.447 e. The lowest BCUT2D eigenvalue weighted by Crippen LogP contribution is -2.65. The highest BCUT2D eigenvalue weighted by molar-refractivity contribution is 6.47. The first-order chi connectivity index (χ1) is 19.0. The molecule has 2 amide bonds. The van der Waals surface area contributed by atoms with Gasteiger partial charge in [0.05, 0.1) is 23.7 Å². The minimum absolute atomic E-state index is 0.00593. The third-order valence-corrected chi connectivity index (χ3v) is 10.1. The van der Waals surface area contributed by atoms with Gasteiger partial charge in [0.25, 0.3) is 5.91 Å². The Labute approximate surface area is 238 Å². The predicted molar refractivity (Wildman–Crippen MR) is 152 cm³/mol. The lowest BCUT2D eigenvalue weighted by molar-refractivity contribution is -0.199. The Balaban J connectivity index is 1.28. The molecule has 0 unspecified atom stereocenters. The largest absolute Gasteiger partial charge is 0.482 e. The second-order valence-electron chi connectivity index (χ2n) is 13.0. The molecule has 5 aliphatic rings. The van der Waals surface area contributed by atoms with Crippen molar-refractivity contribution in [3.63, 3.8) is 0 Å². The molecule has 8 nitrogen and oxygen atoms in total. The van der Waals surface area contributed by atoms with Crippen LogP contribution in [0.2, 0.25) is 0 Å². The minimum atomic E-state index is -0.589. The fourth-order valence-corrected chi connectivity index (χ4v) is 7.47. The van der Waals surface area contributed by atoms with Crippen molar-refractivity contribution in [2.45, 2.75) is 96.3 Å². The molecule has 0 radical (unpaired) electrons. The van der Waals surface area contributed by atoms with Crippen LogP contribution in [0, 0.1) is 35.5 Å². The Morgan fingerprint density at radius 2 is 1.98 bits per heavy atom. The number of nitriles is 1. The molecule has 1 aromatic rings. The van der Waals surface area contributed by atoms with Gasteiger partial charge in [-0.25, -0.2) is 4.79 Å². The van der Waals surface area contributed by atoms with E-state index in [0.717, 1.165) is 37.7 Å². The van der Waals surface area contributed by atoms with Gasteiger partial charge in [-0.2, -0.15) is 5.26 Å². The van der Waals surface area contributed by atoms with E-state index in [1.807, 2.05) is 13.0 Å². The lowest BCUT2D eigenvalue weighted by Gasteiger charge is -2.64. The van der Waals surface area contributed by atoms with Gasteiger partial charge < -0.3 is 24.3 Å². The zero-order valence-electron chi connectivity index (χ0n) is 24.3. The molecule has 2 saturated heterocycles. The van der Waals surface area contributed by atoms with Crippen LogP contribution in [-0.2, 0) is 25.3 Å². The van der Waals surface area contributed by atoms with Crippen molar-refractivity contribution in [3.05, 3.63) is 47.5 Å². The van der Waals surface area contributed by atoms with E-state index in [0.29, 0.717) is 31.2 Å². The van der Waals surface area contributed by atoms with Gasteiger partial charge in [-0.15, -0.1) is 0 Å². The van der Waals surface area contributed by atoms with E-state index < -0.39 is 19.2 Å². The predicted octanol–water partition coefficient (Wildman–Crippen LogP) is 4.75. The van der Waals surface area contributed by atoms with E-state index in [9.17, 15) is 14.9 Å². The van der Waals surface area contributed by atoms with Crippen LogP contribution in [0.1, 0.15) is 70.4 Å². The third kappa shape index (κ3) is 5.41. The highest BCUT2D eigenvalue weighted by atomic mass is 16.7. The molecule has 6 rings (SSSR count). The summed E-state index contributed by atoms with van der Waals surface area (Å²) >= 11 is 0. The van der Waals surface area contributed by atoms with E-state index in [2.05, 4.69) is 56.9 Å². The molecule has 6 atom stereocenters. The number of nitrogens with zero attached hydrogens (tertiary/aromatic N) is 2. The summed E-state index contributed by atoms with van der Waals surface area (Å²) < 4.78 is 19.0. The van der Waals surface area contributed by atoms with Gasteiger partial charge in [-0.3, -0.25) is 4.79 Å². The van der Waals surface area contributed by atoms with Gasteiger partial charge in [0.15, 0.2) is 0 Å². The number of nitrogens with one attached hydrogen (secondary N) is 1. The number of carbonyl (C=O) groups excluding carboxylic acids is 2. The molecule has 214 valence electrons. The molecular weight excluding hydrogens is 505 g/mol. The molecule has 5 fully saturated rings. The maximum absolute atomic E-state index is 13.2. The summed E-state index contributed by atoms with van der Waals surface area (Å²) in [5.41, 5.74) is 1.98. The number of benzene rings is 1. The van der Waals surface area contributed by atoms with E-state index in [-0.39, 0.29) is 41.2 Å². The van der Waals surface area contributed by atoms with E-state index in [4.69, 9.17) is 14.0 Å². The highest BCUT2D eigenvalue weighted by Crippen LogP contribution is 2.65. The van der Waals surface area contributed by atoms with Gasteiger partial charge in [0.1, 0.15) is 18.2 Å². The maximum Gasteiger partial charge on any atom is 0.482 e. The van der Waals surface area contributed by atoms with Crippen LogP contribution in [0.4, 0.5) is 4.79 Å². The Bertz CT molecular complexity index is 1180. The van der Waals surface area contributed by atoms with Gasteiger partial charge in [0, 0.05) is 6.54 Å². The van der Waals surface area contributed by atoms with Crippen LogP contribution < -0.4 is 5.32 Å². The van der Waals surface area contributed by atoms with Crippen LogP contribution >= 0.6 is 0 Å². The molecule has 1 aromatic carbocycles. The summed E-state index contributed by atoms with van der Waals surface area (Å²) in [6.07, 6.45) is 5.57. The number of alkyl carbamates (subject to hydrolysis) is 1. The van der Waals surface area contributed by atoms with Gasteiger partial charge >= 0.3 is 13.2 Å². The second kappa shape index (κ2) is 11.2.